The number of imide groups is 1. The van der Waals surface area contributed by atoms with Crippen molar-refractivity contribution in [2.24, 2.45) is 0 Å². The average molecular weight is 473 g/mol. The molecule has 176 valence electrons. The van der Waals surface area contributed by atoms with Crippen LogP contribution in [0.5, 0.6) is 5.75 Å². The van der Waals surface area contributed by atoms with Gasteiger partial charge in [-0.1, -0.05) is 24.3 Å². The van der Waals surface area contributed by atoms with Gasteiger partial charge in [-0.05, 0) is 48.9 Å². The Morgan fingerprint density at radius 2 is 1.66 bits per heavy atom. The summed E-state index contributed by atoms with van der Waals surface area (Å²) in [5.74, 6) is -1.81. The summed E-state index contributed by atoms with van der Waals surface area (Å²) < 4.78 is 18.8. The van der Waals surface area contributed by atoms with E-state index >= 15 is 0 Å². The lowest BCUT2D eigenvalue weighted by Crippen LogP contribution is -2.45. The summed E-state index contributed by atoms with van der Waals surface area (Å²) in [6.45, 7) is 1.53. The van der Waals surface area contributed by atoms with Crippen LogP contribution in [0.3, 0.4) is 0 Å². The van der Waals surface area contributed by atoms with Gasteiger partial charge in [-0.15, -0.1) is 0 Å². The number of nitrogens with one attached hydrogen (secondary N) is 1. The van der Waals surface area contributed by atoms with Gasteiger partial charge in [0, 0.05) is 11.8 Å². The van der Waals surface area contributed by atoms with E-state index in [9.17, 15) is 23.6 Å². The third kappa shape index (κ3) is 4.01. The highest BCUT2D eigenvalue weighted by molar-refractivity contribution is 6.23. The maximum Gasteiger partial charge on any atom is 0.265 e. The number of hydrogen-bond acceptors (Lipinski definition) is 5. The molecule has 4 amide bonds. The zero-order valence-corrected chi connectivity index (χ0v) is 18.7. The number of benzene rings is 3. The molecule has 0 aromatic heterocycles. The Hall–Kier alpha value is -4.53. The van der Waals surface area contributed by atoms with Gasteiger partial charge in [0.1, 0.15) is 17.6 Å². The van der Waals surface area contributed by atoms with Gasteiger partial charge in [-0.3, -0.25) is 24.1 Å². The van der Waals surface area contributed by atoms with Crippen molar-refractivity contribution in [2.75, 3.05) is 16.8 Å². The minimum absolute atomic E-state index is 0.183. The SMILES string of the molecule is CC(C(=O)Nc1ccc2c(c1)OCC(=O)N2Cc1ccc(F)cc1)N1C(=O)c2ccccc2C1=O. The lowest BCUT2D eigenvalue weighted by molar-refractivity contribution is -0.121. The fraction of sp³-hybridized carbons (Fsp3) is 0.154. The van der Waals surface area contributed by atoms with E-state index < -0.39 is 23.8 Å². The van der Waals surface area contributed by atoms with Gasteiger partial charge in [0.2, 0.25) is 5.91 Å². The van der Waals surface area contributed by atoms with E-state index in [-0.39, 0.29) is 36.0 Å². The van der Waals surface area contributed by atoms with Crippen LogP contribution >= 0.6 is 0 Å². The summed E-state index contributed by atoms with van der Waals surface area (Å²) in [6.07, 6.45) is 0. The Kier molecular flexibility index (Phi) is 5.52. The second kappa shape index (κ2) is 8.68. The van der Waals surface area contributed by atoms with E-state index in [0.29, 0.717) is 17.1 Å². The predicted molar refractivity (Wildman–Crippen MR) is 125 cm³/mol. The van der Waals surface area contributed by atoms with Crippen LogP contribution in [0.2, 0.25) is 0 Å². The first-order valence-corrected chi connectivity index (χ1v) is 10.9. The molecule has 0 saturated heterocycles. The van der Waals surface area contributed by atoms with Crippen LogP contribution in [0.15, 0.2) is 66.7 Å². The summed E-state index contributed by atoms with van der Waals surface area (Å²) in [7, 11) is 0. The van der Waals surface area contributed by atoms with Crippen molar-refractivity contribution in [2.45, 2.75) is 19.5 Å². The Bertz CT molecular complexity index is 1340. The normalized spacial score (nSPS) is 15.4. The van der Waals surface area contributed by atoms with Crippen LogP contribution in [0.25, 0.3) is 0 Å². The van der Waals surface area contributed by atoms with E-state index in [0.717, 1.165) is 10.5 Å². The molecule has 0 saturated carbocycles. The molecule has 9 heteroatoms. The van der Waals surface area contributed by atoms with Crippen molar-refractivity contribution in [1.82, 2.24) is 4.90 Å². The molecule has 1 N–H and O–H groups in total. The third-order valence-electron chi connectivity index (χ3n) is 6.02. The van der Waals surface area contributed by atoms with Gasteiger partial charge in [0.05, 0.1) is 23.4 Å². The highest BCUT2D eigenvalue weighted by Crippen LogP contribution is 2.35. The molecular weight excluding hydrogens is 453 g/mol. The molecule has 1 atom stereocenters. The molecule has 2 heterocycles. The minimum atomic E-state index is -1.05. The molecule has 2 aliphatic rings. The quantitative estimate of drug-likeness (QED) is 0.574. The number of carbonyl (C=O) groups excluding carboxylic acids is 4. The topological polar surface area (TPSA) is 96.0 Å². The number of fused-ring (bicyclic) bond motifs is 2. The molecule has 1 unspecified atom stereocenters. The molecule has 35 heavy (non-hydrogen) atoms. The lowest BCUT2D eigenvalue weighted by atomic mass is 10.1. The molecule has 0 fully saturated rings. The summed E-state index contributed by atoms with van der Waals surface area (Å²) in [6, 6.07) is 16.1. The van der Waals surface area contributed by atoms with Gasteiger partial charge in [-0.25, -0.2) is 4.39 Å². The Balaban J connectivity index is 1.32. The monoisotopic (exact) mass is 473 g/mol. The van der Waals surface area contributed by atoms with E-state index in [2.05, 4.69) is 5.32 Å². The van der Waals surface area contributed by atoms with E-state index in [1.165, 1.54) is 24.0 Å². The smallest absolute Gasteiger partial charge is 0.265 e. The highest BCUT2D eigenvalue weighted by atomic mass is 19.1. The molecule has 8 nitrogen and oxygen atoms in total. The molecule has 0 bridgehead atoms. The maximum absolute atomic E-state index is 13.2. The Morgan fingerprint density at radius 3 is 2.31 bits per heavy atom. The van der Waals surface area contributed by atoms with Crippen LogP contribution in [0.4, 0.5) is 15.8 Å². The van der Waals surface area contributed by atoms with Crippen LogP contribution in [0.1, 0.15) is 33.2 Å². The Morgan fingerprint density at radius 1 is 1.00 bits per heavy atom. The van der Waals surface area contributed by atoms with Gasteiger partial charge in [0.15, 0.2) is 6.61 Å². The van der Waals surface area contributed by atoms with Gasteiger partial charge in [0.25, 0.3) is 17.7 Å². The molecule has 3 aromatic carbocycles. The summed E-state index contributed by atoms with van der Waals surface area (Å²) in [4.78, 5) is 53.2. The van der Waals surface area contributed by atoms with Gasteiger partial charge < -0.3 is 15.0 Å². The summed E-state index contributed by atoms with van der Waals surface area (Å²) in [5.41, 5.74) is 2.18. The molecular formula is C26H20FN3O5. The average Bonchev–Trinajstić information content (AvgIpc) is 3.11. The second-order valence-electron chi connectivity index (χ2n) is 8.27. The second-order valence-corrected chi connectivity index (χ2v) is 8.27. The van der Waals surface area contributed by atoms with Crippen LogP contribution in [-0.4, -0.2) is 41.2 Å². The van der Waals surface area contributed by atoms with Crippen molar-refractivity contribution in [3.63, 3.8) is 0 Å². The standard InChI is InChI=1S/C26H20FN3O5/c1-15(30-25(33)19-4-2-3-5-20(19)26(30)34)24(32)28-18-10-11-21-22(12-18)35-14-23(31)29(21)13-16-6-8-17(27)9-7-16/h2-12,15H,13-14H2,1H3,(H,28,32). The fourth-order valence-corrected chi connectivity index (χ4v) is 4.15. The molecule has 2 aliphatic heterocycles. The van der Waals surface area contributed by atoms with Crippen molar-refractivity contribution in [3.8, 4) is 5.75 Å². The van der Waals surface area contributed by atoms with Crippen LogP contribution < -0.4 is 15.0 Å². The zero-order chi connectivity index (χ0) is 24.7. The van der Waals surface area contributed by atoms with Crippen molar-refractivity contribution in [3.05, 3.63) is 89.2 Å². The van der Waals surface area contributed by atoms with E-state index in [4.69, 9.17) is 4.74 Å². The molecule has 5 rings (SSSR count). The zero-order valence-electron chi connectivity index (χ0n) is 18.7. The van der Waals surface area contributed by atoms with Crippen molar-refractivity contribution < 1.29 is 28.3 Å². The summed E-state index contributed by atoms with van der Waals surface area (Å²) >= 11 is 0. The fourth-order valence-electron chi connectivity index (χ4n) is 4.15. The molecule has 3 aromatic rings. The molecule has 0 spiro atoms. The van der Waals surface area contributed by atoms with Crippen LogP contribution in [-0.2, 0) is 16.1 Å². The first-order chi connectivity index (χ1) is 16.8. The van der Waals surface area contributed by atoms with Gasteiger partial charge >= 0.3 is 0 Å². The predicted octanol–water partition coefficient (Wildman–Crippen LogP) is 3.37. The number of rotatable bonds is 5. The Labute approximate surface area is 199 Å². The first kappa shape index (κ1) is 22.3. The van der Waals surface area contributed by atoms with Gasteiger partial charge in [-0.2, -0.15) is 0 Å². The maximum atomic E-state index is 13.2. The summed E-state index contributed by atoms with van der Waals surface area (Å²) in [5, 5.41) is 2.71. The van der Waals surface area contributed by atoms with E-state index in [1.54, 1.807) is 54.6 Å². The number of hydrogen-bond donors (Lipinski definition) is 1. The number of halogens is 1. The molecule has 0 aliphatic carbocycles. The number of nitrogens with zero attached hydrogens (tertiary/aromatic N) is 2. The number of ether oxygens (including phenoxy) is 1. The number of anilines is 2. The highest BCUT2D eigenvalue weighted by Gasteiger charge is 2.40. The van der Waals surface area contributed by atoms with E-state index in [1.807, 2.05) is 0 Å². The first-order valence-electron chi connectivity index (χ1n) is 10.9. The van der Waals surface area contributed by atoms with Crippen molar-refractivity contribution in [1.29, 1.82) is 0 Å². The molecule has 0 radical (unpaired) electrons. The van der Waals surface area contributed by atoms with Crippen molar-refractivity contribution >= 4 is 35.0 Å². The van der Waals surface area contributed by atoms with Crippen LogP contribution in [0, 0.1) is 5.82 Å². The lowest BCUT2D eigenvalue weighted by Gasteiger charge is -2.30. The minimum Gasteiger partial charge on any atom is -0.481 e. The number of carbonyl (C=O) groups is 4. The largest absolute Gasteiger partial charge is 0.481 e. The number of amides is 4. The third-order valence-corrected chi connectivity index (χ3v) is 6.02.